The van der Waals surface area contributed by atoms with Crippen LogP contribution in [0.3, 0.4) is 0 Å². The molecule has 1 aromatic rings. The fourth-order valence-electron chi connectivity index (χ4n) is 2.97. The molecule has 0 atom stereocenters. The lowest BCUT2D eigenvalue weighted by molar-refractivity contribution is 0.0844. The minimum Gasteiger partial charge on any atom is -0.391 e. The maximum Gasteiger partial charge on any atom is 0.528 e. The average Bonchev–Trinajstić information content (AvgIpc) is 2.74. The van der Waals surface area contributed by atoms with Gasteiger partial charge in [0, 0.05) is 33.0 Å². The van der Waals surface area contributed by atoms with Gasteiger partial charge in [-0.15, -0.1) is 0 Å². The van der Waals surface area contributed by atoms with Crippen molar-refractivity contribution in [1.29, 1.82) is 0 Å². The monoisotopic (exact) mass is 454 g/mol. The smallest absolute Gasteiger partial charge is 0.391 e. The topological polar surface area (TPSA) is 46.2 Å². The van der Waals surface area contributed by atoms with Crippen molar-refractivity contribution in [3.05, 3.63) is 59.9 Å². The summed E-state index contributed by atoms with van der Waals surface area (Å²) in [5, 5.41) is 1.07. The molecule has 0 aliphatic carbocycles. The molecule has 0 amide bonds. The van der Waals surface area contributed by atoms with Crippen LogP contribution in [0.25, 0.3) is 0 Å². The van der Waals surface area contributed by atoms with Crippen LogP contribution >= 0.6 is 0 Å². The standard InChI is InChI=1S/C15H24O2Si.C8H18O3Si/c1-5-16-18(14(3)4,17-6-2)13-12-15-10-8-7-9-11-15;1-5-9-12(8-4,10-6-2)11-7-3/h7-11H,3,5-6,12-13H2,1-2,4H3;8H,4-7H2,1-3H3. The van der Waals surface area contributed by atoms with Crippen LogP contribution in [0.2, 0.25) is 6.04 Å². The summed E-state index contributed by atoms with van der Waals surface area (Å²) in [5.74, 6) is 0. The van der Waals surface area contributed by atoms with E-state index in [0.29, 0.717) is 33.0 Å². The number of rotatable bonds is 15. The molecule has 30 heavy (non-hydrogen) atoms. The predicted octanol–water partition coefficient (Wildman–Crippen LogP) is 5.62. The summed E-state index contributed by atoms with van der Waals surface area (Å²) >= 11 is 0. The third-order valence-electron chi connectivity index (χ3n) is 4.28. The minimum atomic E-state index is -2.51. The van der Waals surface area contributed by atoms with Crippen LogP contribution in [0, 0.1) is 0 Å². The molecular weight excluding hydrogens is 412 g/mol. The lowest BCUT2D eigenvalue weighted by Gasteiger charge is -2.30. The molecule has 0 spiro atoms. The van der Waals surface area contributed by atoms with Crippen molar-refractivity contribution in [2.24, 2.45) is 0 Å². The van der Waals surface area contributed by atoms with Crippen LogP contribution in [-0.4, -0.2) is 50.4 Å². The fourth-order valence-corrected chi connectivity index (χ4v) is 7.62. The highest BCUT2D eigenvalue weighted by Gasteiger charge is 2.38. The van der Waals surface area contributed by atoms with Gasteiger partial charge in [-0.05, 0) is 70.5 Å². The molecule has 0 bridgehead atoms. The Morgan fingerprint density at radius 1 is 0.800 bits per heavy atom. The van der Waals surface area contributed by atoms with Crippen molar-refractivity contribution in [3.8, 4) is 0 Å². The van der Waals surface area contributed by atoms with E-state index < -0.39 is 17.4 Å². The van der Waals surface area contributed by atoms with E-state index in [4.69, 9.17) is 22.1 Å². The lowest BCUT2D eigenvalue weighted by Crippen LogP contribution is -2.44. The van der Waals surface area contributed by atoms with Gasteiger partial charge in [0.05, 0.1) is 0 Å². The molecular formula is C23H42O5Si2. The molecule has 0 fully saturated rings. The van der Waals surface area contributed by atoms with Crippen LogP contribution in [0.4, 0.5) is 0 Å². The molecule has 172 valence electrons. The van der Waals surface area contributed by atoms with Crippen molar-refractivity contribution < 1.29 is 22.1 Å². The molecule has 0 heterocycles. The molecule has 0 aliphatic rings. The lowest BCUT2D eigenvalue weighted by atomic mass is 10.2. The maximum atomic E-state index is 5.97. The summed E-state index contributed by atoms with van der Waals surface area (Å²) in [5.41, 5.74) is 3.00. The van der Waals surface area contributed by atoms with Gasteiger partial charge in [-0.2, -0.15) is 0 Å². The third-order valence-corrected chi connectivity index (χ3v) is 10.6. The molecule has 0 saturated carbocycles. The van der Waals surface area contributed by atoms with Crippen molar-refractivity contribution in [3.63, 3.8) is 0 Å². The van der Waals surface area contributed by atoms with Gasteiger partial charge >= 0.3 is 17.4 Å². The summed E-state index contributed by atoms with van der Waals surface area (Å²) < 4.78 is 28.2. The van der Waals surface area contributed by atoms with Gasteiger partial charge in [0.1, 0.15) is 0 Å². The molecule has 0 unspecified atom stereocenters. The van der Waals surface area contributed by atoms with E-state index in [1.54, 1.807) is 5.70 Å². The number of benzene rings is 1. The first kappa shape index (κ1) is 28.9. The van der Waals surface area contributed by atoms with Gasteiger partial charge in [-0.25, -0.2) is 0 Å². The van der Waals surface area contributed by atoms with Crippen LogP contribution in [0.1, 0.15) is 47.1 Å². The van der Waals surface area contributed by atoms with Gasteiger partial charge < -0.3 is 22.1 Å². The van der Waals surface area contributed by atoms with Gasteiger partial charge in [0.15, 0.2) is 0 Å². The molecule has 1 aromatic carbocycles. The van der Waals surface area contributed by atoms with Crippen molar-refractivity contribution >= 4 is 17.4 Å². The molecule has 5 nitrogen and oxygen atoms in total. The average molecular weight is 455 g/mol. The Bertz CT molecular complexity index is 557. The summed E-state index contributed by atoms with van der Waals surface area (Å²) in [7, 11) is -4.76. The Hall–Kier alpha value is -1.07. The predicted molar refractivity (Wildman–Crippen MR) is 130 cm³/mol. The zero-order valence-corrected chi connectivity index (χ0v) is 21.9. The van der Waals surface area contributed by atoms with Crippen molar-refractivity contribution in [1.82, 2.24) is 0 Å². The van der Waals surface area contributed by atoms with Crippen LogP contribution in [-0.2, 0) is 28.6 Å². The van der Waals surface area contributed by atoms with E-state index >= 15 is 0 Å². The van der Waals surface area contributed by atoms with E-state index in [9.17, 15) is 0 Å². The summed E-state index contributed by atoms with van der Waals surface area (Å²) in [6.45, 7) is 22.8. The Labute approximate surface area is 186 Å². The van der Waals surface area contributed by atoms with Crippen LogP contribution in [0.15, 0.2) is 54.4 Å². The number of hydrogen-bond donors (Lipinski definition) is 0. The zero-order chi connectivity index (χ0) is 22.9. The maximum absolute atomic E-state index is 5.97. The molecule has 0 aliphatic heterocycles. The second-order valence-corrected chi connectivity index (χ2v) is 12.4. The third kappa shape index (κ3) is 10.3. The molecule has 7 heteroatoms. The first-order chi connectivity index (χ1) is 14.4. The van der Waals surface area contributed by atoms with E-state index in [0.717, 1.165) is 17.7 Å². The van der Waals surface area contributed by atoms with Crippen molar-refractivity contribution in [2.75, 3.05) is 33.0 Å². The van der Waals surface area contributed by atoms with E-state index in [1.165, 1.54) is 5.56 Å². The second-order valence-electron chi connectivity index (χ2n) is 6.49. The highest BCUT2D eigenvalue weighted by Crippen LogP contribution is 2.24. The van der Waals surface area contributed by atoms with Crippen molar-refractivity contribution in [2.45, 2.75) is 54.0 Å². The zero-order valence-electron chi connectivity index (χ0n) is 19.9. The summed E-state index contributed by atoms with van der Waals surface area (Å²) in [4.78, 5) is 0. The molecule has 0 N–H and O–H groups in total. The highest BCUT2D eigenvalue weighted by molar-refractivity contribution is 6.74. The van der Waals surface area contributed by atoms with Gasteiger partial charge in [-0.3, -0.25) is 0 Å². The molecule has 0 saturated heterocycles. The number of hydrogen-bond acceptors (Lipinski definition) is 5. The Kier molecular flexibility index (Phi) is 16.0. The fraction of sp³-hybridized carbons (Fsp3) is 0.565. The minimum absolute atomic E-state index is 0.595. The summed E-state index contributed by atoms with van der Waals surface area (Å²) in [6.07, 6.45) is 0.986. The first-order valence-corrected chi connectivity index (χ1v) is 14.7. The van der Waals surface area contributed by atoms with Gasteiger partial charge in [-0.1, -0.05) is 43.5 Å². The first-order valence-electron chi connectivity index (χ1n) is 10.9. The van der Waals surface area contributed by atoms with E-state index in [2.05, 4.69) is 37.4 Å². The quantitative estimate of drug-likeness (QED) is 0.322. The van der Waals surface area contributed by atoms with E-state index in [-0.39, 0.29) is 0 Å². The van der Waals surface area contributed by atoms with Crippen LogP contribution < -0.4 is 0 Å². The Morgan fingerprint density at radius 2 is 1.23 bits per heavy atom. The number of aryl methyl sites for hydroxylation is 1. The Morgan fingerprint density at radius 3 is 1.57 bits per heavy atom. The van der Waals surface area contributed by atoms with E-state index in [1.807, 2.05) is 47.6 Å². The second kappa shape index (κ2) is 16.6. The number of allylic oxidation sites excluding steroid dienone is 1. The molecule has 0 aromatic heterocycles. The summed E-state index contributed by atoms with van der Waals surface area (Å²) in [6, 6.07) is 11.4. The molecule has 0 radical (unpaired) electrons. The SMILES string of the molecule is C=C(C)[Si](CCc1ccccc1)(OCC)OCC.C=C[Si](OCC)(OCC)OCC. The van der Waals surface area contributed by atoms with Crippen LogP contribution in [0.5, 0.6) is 0 Å². The largest absolute Gasteiger partial charge is 0.528 e. The Balaban J connectivity index is 0.000000612. The normalized spacial score (nSPS) is 11.5. The van der Waals surface area contributed by atoms with Gasteiger partial charge in [0.2, 0.25) is 0 Å². The van der Waals surface area contributed by atoms with Gasteiger partial charge in [0.25, 0.3) is 0 Å². The highest BCUT2D eigenvalue weighted by atomic mass is 28.4. The molecule has 1 rings (SSSR count).